The van der Waals surface area contributed by atoms with Crippen molar-refractivity contribution in [3.63, 3.8) is 0 Å². The fraction of sp³-hybridized carbons (Fsp3) is 0.571. The molecule has 1 aliphatic rings. The predicted octanol–water partition coefficient (Wildman–Crippen LogP) is 5.40. The maximum atomic E-state index is 13.1. The Hall–Kier alpha value is -0.450. The van der Waals surface area contributed by atoms with Crippen LogP contribution in [0, 0.1) is 11.8 Å². The number of aliphatic hydroxyl groups is 1. The van der Waals surface area contributed by atoms with Crippen molar-refractivity contribution in [3.05, 3.63) is 33.8 Å². The molecule has 1 N–H and O–H groups in total. The number of hydrogen-bond donors (Lipinski definition) is 1. The van der Waals surface area contributed by atoms with E-state index in [2.05, 4.69) is 0 Å². The number of rotatable bonds is 2. The molecule has 20 heavy (non-hydrogen) atoms. The number of hydrogen-bond acceptors (Lipinski definition) is 1. The Morgan fingerprint density at radius 2 is 1.80 bits per heavy atom. The highest BCUT2D eigenvalue weighted by Crippen LogP contribution is 2.47. The zero-order valence-corrected chi connectivity index (χ0v) is 12.1. The molecule has 1 aliphatic carbocycles. The maximum absolute atomic E-state index is 13.1. The SMILES string of the molecule is OC(c1cccc(Cl)c1Cl)C1CCCCC1C(F)(F)F. The molecule has 3 unspecified atom stereocenters. The zero-order valence-electron chi connectivity index (χ0n) is 10.6. The second-order valence-corrected chi connectivity index (χ2v) is 5.97. The summed E-state index contributed by atoms with van der Waals surface area (Å²) in [7, 11) is 0. The molecule has 6 heteroatoms. The van der Waals surface area contributed by atoms with Gasteiger partial charge in [0.15, 0.2) is 0 Å². The van der Waals surface area contributed by atoms with Gasteiger partial charge in [-0.25, -0.2) is 0 Å². The standard InChI is InChI=1S/C14H15Cl2F3O/c15-11-7-3-5-9(12(11)16)13(20)8-4-1-2-6-10(8)14(17,18)19/h3,5,7-8,10,13,20H,1-2,4,6H2. The summed E-state index contributed by atoms with van der Waals surface area (Å²) in [5, 5.41) is 10.7. The number of alkyl halides is 3. The first-order valence-electron chi connectivity index (χ1n) is 6.51. The summed E-state index contributed by atoms with van der Waals surface area (Å²) >= 11 is 11.9. The van der Waals surface area contributed by atoms with Gasteiger partial charge in [0.2, 0.25) is 0 Å². The van der Waals surface area contributed by atoms with E-state index < -0.39 is 24.1 Å². The van der Waals surface area contributed by atoms with Gasteiger partial charge in [-0.3, -0.25) is 0 Å². The van der Waals surface area contributed by atoms with Gasteiger partial charge in [-0.2, -0.15) is 13.2 Å². The van der Waals surface area contributed by atoms with Crippen molar-refractivity contribution in [2.75, 3.05) is 0 Å². The van der Waals surface area contributed by atoms with Gasteiger partial charge in [0, 0.05) is 11.5 Å². The van der Waals surface area contributed by atoms with Crippen molar-refractivity contribution >= 4 is 23.2 Å². The van der Waals surface area contributed by atoms with Gasteiger partial charge in [-0.1, -0.05) is 48.2 Å². The van der Waals surface area contributed by atoms with Gasteiger partial charge in [-0.15, -0.1) is 0 Å². The summed E-state index contributed by atoms with van der Waals surface area (Å²) < 4.78 is 39.2. The molecular formula is C14H15Cl2F3O. The van der Waals surface area contributed by atoms with Crippen molar-refractivity contribution in [3.8, 4) is 0 Å². The highest BCUT2D eigenvalue weighted by Gasteiger charge is 2.48. The van der Waals surface area contributed by atoms with E-state index in [0.717, 1.165) is 0 Å². The third-order valence-corrected chi connectivity index (χ3v) is 4.78. The summed E-state index contributed by atoms with van der Waals surface area (Å²) in [6.45, 7) is 0. The molecule has 1 fully saturated rings. The minimum atomic E-state index is -4.29. The molecule has 1 nitrogen and oxygen atoms in total. The largest absolute Gasteiger partial charge is 0.392 e. The van der Waals surface area contributed by atoms with Crippen LogP contribution in [0.3, 0.4) is 0 Å². The van der Waals surface area contributed by atoms with Crippen LogP contribution in [0.25, 0.3) is 0 Å². The average molecular weight is 327 g/mol. The lowest BCUT2D eigenvalue weighted by Gasteiger charge is -2.36. The molecular weight excluding hydrogens is 312 g/mol. The first-order chi connectivity index (χ1) is 9.32. The molecule has 0 spiro atoms. The number of halogens is 5. The molecule has 0 saturated heterocycles. The second-order valence-electron chi connectivity index (χ2n) is 5.18. The van der Waals surface area contributed by atoms with Crippen molar-refractivity contribution in [1.82, 2.24) is 0 Å². The van der Waals surface area contributed by atoms with Gasteiger partial charge in [-0.05, 0) is 18.9 Å². The van der Waals surface area contributed by atoms with Crippen LogP contribution in [0.15, 0.2) is 18.2 Å². The Labute approximate surface area is 125 Å². The quantitative estimate of drug-likeness (QED) is 0.771. The summed E-state index contributed by atoms with van der Waals surface area (Å²) in [4.78, 5) is 0. The van der Waals surface area contributed by atoms with Gasteiger partial charge in [0.05, 0.1) is 22.1 Å². The average Bonchev–Trinajstić information content (AvgIpc) is 2.40. The summed E-state index contributed by atoms with van der Waals surface area (Å²) in [5.41, 5.74) is 0.278. The lowest BCUT2D eigenvalue weighted by Crippen LogP contribution is -2.36. The summed E-state index contributed by atoms with van der Waals surface area (Å²) in [5.74, 6) is -2.35. The fourth-order valence-corrected chi connectivity index (χ4v) is 3.34. The van der Waals surface area contributed by atoms with Crippen LogP contribution in [0.1, 0.15) is 37.4 Å². The van der Waals surface area contributed by atoms with Crippen LogP contribution in [0.2, 0.25) is 10.0 Å². The van der Waals surface area contributed by atoms with Crippen LogP contribution < -0.4 is 0 Å². The van der Waals surface area contributed by atoms with Gasteiger partial charge in [0.1, 0.15) is 0 Å². The van der Waals surface area contributed by atoms with E-state index in [9.17, 15) is 18.3 Å². The molecule has 0 amide bonds. The lowest BCUT2D eigenvalue weighted by molar-refractivity contribution is -0.207. The molecule has 112 valence electrons. The van der Waals surface area contributed by atoms with Crippen LogP contribution in [-0.2, 0) is 0 Å². The summed E-state index contributed by atoms with van der Waals surface area (Å²) in [6, 6.07) is 4.65. The van der Waals surface area contributed by atoms with E-state index in [1.54, 1.807) is 12.1 Å². The Morgan fingerprint density at radius 1 is 1.15 bits per heavy atom. The van der Waals surface area contributed by atoms with E-state index in [4.69, 9.17) is 23.2 Å². The van der Waals surface area contributed by atoms with Crippen molar-refractivity contribution < 1.29 is 18.3 Å². The van der Waals surface area contributed by atoms with E-state index in [0.29, 0.717) is 19.3 Å². The minimum absolute atomic E-state index is 0.0589. The number of benzene rings is 1. The van der Waals surface area contributed by atoms with Gasteiger partial charge >= 0.3 is 6.18 Å². The van der Waals surface area contributed by atoms with E-state index in [1.807, 2.05) is 0 Å². The molecule has 0 heterocycles. The molecule has 2 rings (SSSR count). The number of aliphatic hydroxyl groups excluding tert-OH is 1. The van der Waals surface area contributed by atoms with Crippen LogP contribution in [0.5, 0.6) is 0 Å². The Balaban J connectivity index is 2.30. The molecule has 0 aromatic heterocycles. The molecule has 0 bridgehead atoms. The molecule has 3 atom stereocenters. The van der Waals surface area contributed by atoms with Crippen LogP contribution in [-0.4, -0.2) is 11.3 Å². The highest BCUT2D eigenvalue weighted by molar-refractivity contribution is 6.42. The zero-order chi connectivity index (χ0) is 14.9. The molecule has 1 aromatic carbocycles. The monoisotopic (exact) mass is 326 g/mol. The third-order valence-electron chi connectivity index (χ3n) is 3.95. The van der Waals surface area contributed by atoms with E-state index in [-0.39, 0.29) is 22.0 Å². The summed E-state index contributed by atoms with van der Waals surface area (Å²) in [6.07, 6.45) is -3.91. The normalized spacial score (nSPS) is 25.5. The molecule has 1 aromatic rings. The van der Waals surface area contributed by atoms with E-state index in [1.165, 1.54) is 6.07 Å². The second kappa shape index (κ2) is 6.12. The van der Waals surface area contributed by atoms with Crippen LogP contribution in [0.4, 0.5) is 13.2 Å². The van der Waals surface area contributed by atoms with Crippen molar-refractivity contribution in [2.45, 2.75) is 38.0 Å². The fourth-order valence-electron chi connectivity index (χ4n) is 2.92. The smallest absolute Gasteiger partial charge is 0.388 e. The first kappa shape index (κ1) is 15.9. The Bertz CT molecular complexity index is 476. The maximum Gasteiger partial charge on any atom is 0.392 e. The third kappa shape index (κ3) is 3.23. The first-order valence-corrected chi connectivity index (χ1v) is 7.26. The minimum Gasteiger partial charge on any atom is -0.388 e. The predicted molar refractivity (Wildman–Crippen MR) is 72.9 cm³/mol. The van der Waals surface area contributed by atoms with Gasteiger partial charge < -0.3 is 5.11 Å². The molecule has 0 radical (unpaired) electrons. The topological polar surface area (TPSA) is 20.2 Å². The lowest BCUT2D eigenvalue weighted by atomic mass is 9.74. The Kier molecular flexibility index (Phi) is 4.88. The van der Waals surface area contributed by atoms with Gasteiger partial charge in [0.25, 0.3) is 0 Å². The molecule has 0 aliphatic heterocycles. The van der Waals surface area contributed by atoms with Crippen LogP contribution >= 0.6 is 23.2 Å². The van der Waals surface area contributed by atoms with Crippen molar-refractivity contribution in [2.24, 2.45) is 11.8 Å². The Morgan fingerprint density at radius 3 is 2.45 bits per heavy atom. The van der Waals surface area contributed by atoms with Crippen molar-refractivity contribution in [1.29, 1.82) is 0 Å². The molecule has 1 saturated carbocycles. The van der Waals surface area contributed by atoms with E-state index >= 15 is 0 Å². The highest BCUT2D eigenvalue weighted by atomic mass is 35.5.